The van der Waals surface area contributed by atoms with Crippen LogP contribution in [0, 0.1) is 6.92 Å². The molecule has 1 aromatic heterocycles. The maximum absolute atomic E-state index is 12.9. The molecule has 8 heteroatoms. The van der Waals surface area contributed by atoms with E-state index in [0.717, 1.165) is 5.01 Å². The molecule has 0 saturated heterocycles. The van der Waals surface area contributed by atoms with Crippen molar-refractivity contribution >= 4 is 35.3 Å². The minimum absolute atomic E-state index is 0.0510. The van der Waals surface area contributed by atoms with E-state index >= 15 is 0 Å². The number of carboxylic acid groups (broad SMARTS) is 2. The van der Waals surface area contributed by atoms with Crippen molar-refractivity contribution in [3.05, 3.63) is 82.6 Å². The number of benzene rings is 2. The Morgan fingerprint density at radius 2 is 1.78 bits per heavy atom. The van der Waals surface area contributed by atoms with E-state index in [4.69, 9.17) is 4.42 Å². The average molecular weight is 430 g/mol. The van der Waals surface area contributed by atoms with Gasteiger partial charge in [0, 0.05) is 5.56 Å². The molecule has 0 unspecified atom stereocenters. The molecule has 0 atom stereocenters. The quantitative estimate of drug-likeness (QED) is 0.577. The maximum atomic E-state index is 12.9. The van der Waals surface area contributed by atoms with Crippen molar-refractivity contribution in [2.24, 2.45) is 5.10 Å². The first-order valence-corrected chi connectivity index (χ1v) is 9.64. The third-order valence-electron chi connectivity index (χ3n) is 5.07. The summed E-state index contributed by atoms with van der Waals surface area (Å²) in [6.07, 6.45) is 1.55. The second-order valence-electron chi connectivity index (χ2n) is 7.25. The fraction of sp³-hybridized carbons (Fsp3) is 0.0833. The summed E-state index contributed by atoms with van der Waals surface area (Å²) in [5.74, 6) is -1.66. The predicted octanol–water partition coefficient (Wildman–Crippen LogP) is 4.46. The summed E-state index contributed by atoms with van der Waals surface area (Å²) in [5, 5.41) is 23.9. The Kier molecular flexibility index (Phi) is 5.19. The number of aromatic carboxylic acids is 2. The molecule has 1 amide bonds. The standard InChI is InChI=1S/C24H18N2O6/c1-13-6-7-15(11-19(13)24(30)31)21-9-8-18(32-21)12-20-14(2)25-26(22(20)27)17-5-3-4-16(10-17)23(28)29/h3-12H,1-2H3,(H,28,29)(H,30,31)/b20-12-. The summed E-state index contributed by atoms with van der Waals surface area (Å²) in [5.41, 5.74) is 2.60. The van der Waals surface area contributed by atoms with Gasteiger partial charge < -0.3 is 14.6 Å². The van der Waals surface area contributed by atoms with E-state index in [0.29, 0.717) is 39.6 Å². The zero-order valence-electron chi connectivity index (χ0n) is 17.2. The lowest BCUT2D eigenvalue weighted by Gasteiger charge is -2.12. The van der Waals surface area contributed by atoms with Crippen molar-refractivity contribution in [3.8, 4) is 11.3 Å². The molecule has 8 nitrogen and oxygen atoms in total. The van der Waals surface area contributed by atoms with E-state index in [1.54, 1.807) is 56.3 Å². The number of carboxylic acids is 2. The van der Waals surface area contributed by atoms with E-state index in [1.807, 2.05) is 0 Å². The lowest BCUT2D eigenvalue weighted by Crippen LogP contribution is -2.21. The third-order valence-corrected chi connectivity index (χ3v) is 5.07. The Morgan fingerprint density at radius 3 is 2.50 bits per heavy atom. The number of aryl methyl sites for hydroxylation is 1. The van der Waals surface area contributed by atoms with Crippen LogP contribution in [0.1, 0.15) is 39.0 Å². The first-order valence-electron chi connectivity index (χ1n) is 9.64. The lowest BCUT2D eigenvalue weighted by atomic mass is 10.0. The van der Waals surface area contributed by atoms with Gasteiger partial charge in [-0.15, -0.1) is 0 Å². The van der Waals surface area contributed by atoms with Crippen LogP contribution in [-0.2, 0) is 4.79 Å². The summed E-state index contributed by atoms with van der Waals surface area (Å²) < 4.78 is 5.82. The topological polar surface area (TPSA) is 120 Å². The molecule has 2 aromatic carbocycles. The first-order chi connectivity index (χ1) is 15.2. The molecule has 0 bridgehead atoms. The molecular formula is C24H18N2O6. The third kappa shape index (κ3) is 3.81. The van der Waals surface area contributed by atoms with E-state index in [2.05, 4.69) is 5.10 Å². The van der Waals surface area contributed by atoms with Gasteiger partial charge in [0.25, 0.3) is 5.91 Å². The van der Waals surface area contributed by atoms with Gasteiger partial charge in [0.1, 0.15) is 11.5 Å². The number of anilines is 1. The molecule has 160 valence electrons. The largest absolute Gasteiger partial charge is 0.478 e. The number of hydrogen-bond donors (Lipinski definition) is 2. The zero-order chi connectivity index (χ0) is 23.0. The summed E-state index contributed by atoms with van der Waals surface area (Å²) in [7, 11) is 0. The molecule has 0 saturated carbocycles. The highest BCUT2D eigenvalue weighted by Crippen LogP contribution is 2.29. The van der Waals surface area contributed by atoms with Crippen LogP contribution in [0.5, 0.6) is 0 Å². The van der Waals surface area contributed by atoms with Gasteiger partial charge in [-0.2, -0.15) is 10.1 Å². The van der Waals surface area contributed by atoms with Crippen LogP contribution in [0.4, 0.5) is 5.69 Å². The number of carbonyl (C=O) groups is 3. The summed E-state index contributed by atoms with van der Waals surface area (Å²) >= 11 is 0. The Hall–Kier alpha value is -4.46. The summed E-state index contributed by atoms with van der Waals surface area (Å²) in [4.78, 5) is 35.5. The van der Waals surface area contributed by atoms with Gasteiger partial charge in [-0.1, -0.05) is 18.2 Å². The fourth-order valence-electron chi connectivity index (χ4n) is 3.36. The number of hydrogen-bond acceptors (Lipinski definition) is 5. The number of furan rings is 1. The second kappa shape index (κ2) is 7.99. The number of amides is 1. The molecule has 0 fully saturated rings. The lowest BCUT2D eigenvalue weighted by molar-refractivity contribution is -0.114. The van der Waals surface area contributed by atoms with E-state index in [-0.39, 0.29) is 11.1 Å². The molecule has 1 aliphatic rings. The molecule has 4 rings (SSSR count). The minimum Gasteiger partial charge on any atom is -0.478 e. The predicted molar refractivity (Wildman–Crippen MR) is 118 cm³/mol. The molecule has 2 N–H and O–H groups in total. The van der Waals surface area contributed by atoms with Crippen LogP contribution in [0.2, 0.25) is 0 Å². The highest BCUT2D eigenvalue weighted by molar-refractivity contribution is 6.32. The fourth-order valence-corrected chi connectivity index (χ4v) is 3.36. The van der Waals surface area contributed by atoms with Crippen molar-refractivity contribution < 1.29 is 29.0 Å². The zero-order valence-corrected chi connectivity index (χ0v) is 17.2. The van der Waals surface area contributed by atoms with E-state index in [1.165, 1.54) is 18.2 Å². The van der Waals surface area contributed by atoms with Gasteiger partial charge in [-0.25, -0.2) is 9.59 Å². The van der Waals surface area contributed by atoms with Gasteiger partial charge in [0.05, 0.1) is 28.1 Å². The molecule has 0 spiro atoms. The second-order valence-corrected chi connectivity index (χ2v) is 7.25. The number of rotatable bonds is 5. The SMILES string of the molecule is CC1=NN(c2cccc(C(=O)O)c2)C(=O)/C1=C\c1ccc(-c2ccc(C)c(C(=O)O)c2)o1. The number of carbonyl (C=O) groups excluding carboxylic acids is 1. The molecular weight excluding hydrogens is 412 g/mol. The van der Waals surface area contributed by atoms with Crippen LogP contribution < -0.4 is 5.01 Å². The monoisotopic (exact) mass is 430 g/mol. The van der Waals surface area contributed by atoms with Crippen molar-refractivity contribution in [1.82, 2.24) is 0 Å². The van der Waals surface area contributed by atoms with E-state index < -0.39 is 17.8 Å². The van der Waals surface area contributed by atoms with Crippen LogP contribution in [0.3, 0.4) is 0 Å². The van der Waals surface area contributed by atoms with Gasteiger partial charge >= 0.3 is 11.9 Å². The van der Waals surface area contributed by atoms with Crippen molar-refractivity contribution in [2.75, 3.05) is 5.01 Å². The molecule has 0 radical (unpaired) electrons. The molecule has 2 heterocycles. The Labute approximate surface area is 182 Å². The highest BCUT2D eigenvalue weighted by atomic mass is 16.4. The summed E-state index contributed by atoms with van der Waals surface area (Å²) in [6, 6.07) is 14.4. The average Bonchev–Trinajstić information content (AvgIpc) is 3.34. The smallest absolute Gasteiger partial charge is 0.335 e. The summed E-state index contributed by atoms with van der Waals surface area (Å²) in [6.45, 7) is 3.39. The van der Waals surface area contributed by atoms with Crippen molar-refractivity contribution in [3.63, 3.8) is 0 Å². The molecule has 0 aliphatic carbocycles. The molecule has 1 aliphatic heterocycles. The van der Waals surface area contributed by atoms with Gasteiger partial charge in [0.2, 0.25) is 0 Å². The van der Waals surface area contributed by atoms with Gasteiger partial charge in [-0.3, -0.25) is 4.79 Å². The Morgan fingerprint density at radius 1 is 1.00 bits per heavy atom. The highest BCUT2D eigenvalue weighted by Gasteiger charge is 2.29. The maximum Gasteiger partial charge on any atom is 0.335 e. The van der Waals surface area contributed by atoms with E-state index in [9.17, 15) is 24.6 Å². The number of hydrazone groups is 1. The van der Waals surface area contributed by atoms with Crippen LogP contribution in [-0.4, -0.2) is 33.8 Å². The molecule has 32 heavy (non-hydrogen) atoms. The minimum atomic E-state index is -1.10. The first kappa shape index (κ1) is 20.8. The van der Waals surface area contributed by atoms with Gasteiger partial charge in [-0.05, 0) is 61.9 Å². The van der Waals surface area contributed by atoms with Crippen molar-refractivity contribution in [2.45, 2.75) is 13.8 Å². The van der Waals surface area contributed by atoms with Gasteiger partial charge in [0.15, 0.2) is 0 Å². The number of nitrogens with zero attached hydrogens (tertiary/aromatic N) is 2. The normalized spacial score (nSPS) is 14.7. The Bertz CT molecular complexity index is 1330. The van der Waals surface area contributed by atoms with Crippen LogP contribution in [0.25, 0.3) is 17.4 Å². The van der Waals surface area contributed by atoms with Crippen molar-refractivity contribution in [1.29, 1.82) is 0 Å². The Balaban J connectivity index is 1.63. The van der Waals surface area contributed by atoms with Crippen LogP contribution in [0.15, 0.2) is 69.7 Å². The van der Waals surface area contributed by atoms with Crippen LogP contribution >= 0.6 is 0 Å². The molecule has 3 aromatic rings.